The first kappa shape index (κ1) is 11.6. The molecule has 2 heterocycles. The molecule has 0 saturated carbocycles. The van der Waals surface area contributed by atoms with E-state index >= 15 is 0 Å². The van der Waals surface area contributed by atoms with Crippen molar-refractivity contribution in [2.24, 2.45) is 0 Å². The highest BCUT2D eigenvalue weighted by Gasteiger charge is 2.16. The Bertz CT molecular complexity index is 578. The number of hydrogen-bond acceptors (Lipinski definition) is 3. The summed E-state index contributed by atoms with van der Waals surface area (Å²) in [6.07, 6.45) is 0.913. The van der Waals surface area contributed by atoms with Crippen molar-refractivity contribution < 1.29 is 0 Å². The summed E-state index contributed by atoms with van der Waals surface area (Å²) in [5, 5.41) is 3.86. The quantitative estimate of drug-likeness (QED) is 0.801. The summed E-state index contributed by atoms with van der Waals surface area (Å²) < 4.78 is 0. The Morgan fingerprint density at radius 1 is 1.17 bits per heavy atom. The van der Waals surface area contributed by atoms with Gasteiger partial charge in [-0.3, -0.25) is 0 Å². The average molecular weight is 260 g/mol. The van der Waals surface area contributed by atoms with Crippen LogP contribution in [0.3, 0.4) is 0 Å². The van der Waals surface area contributed by atoms with Gasteiger partial charge in [-0.1, -0.05) is 41.4 Å². The van der Waals surface area contributed by atoms with E-state index in [0.717, 1.165) is 42.2 Å². The average Bonchev–Trinajstić information content (AvgIpc) is 2.39. The summed E-state index contributed by atoms with van der Waals surface area (Å²) >= 11 is 6.24. The predicted molar refractivity (Wildman–Crippen MR) is 72.6 cm³/mol. The van der Waals surface area contributed by atoms with Crippen LogP contribution in [0, 0.1) is 6.92 Å². The number of hydrogen-bond donors (Lipinski definition) is 1. The normalized spacial score (nSPS) is 14.3. The summed E-state index contributed by atoms with van der Waals surface area (Å²) in [6.45, 7) is 3.78. The lowest BCUT2D eigenvalue weighted by atomic mass is 10.1. The maximum absolute atomic E-state index is 6.24. The molecule has 92 valence electrons. The maximum atomic E-state index is 6.24. The van der Waals surface area contributed by atoms with Crippen molar-refractivity contribution in [2.75, 3.05) is 6.54 Å². The van der Waals surface area contributed by atoms with Gasteiger partial charge in [-0.2, -0.15) is 0 Å². The van der Waals surface area contributed by atoms with Crippen LogP contribution in [-0.4, -0.2) is 16.5 Å². The minimum absolute atomic E-state index is 0.572. The Hall–Kier alpha value is -1.45. The largest absolute Gasteiger partial charge is 0.312 e. The molecule has 0 radical (unpaired) electrons. The van der Waals surface area contributed by atoms with Gasteiger partial charge in [0, 0.05) is 30.6 Å². The Morgan fingerprint density at radius 2 is 1.94 bits per heavy atom. The molecule has 0 bridgehead atoms. The van der Waals surface area contributed by atoms with Crippen LogP contribution in [0.5, 0.6) is 0 Å². The van der Waals surface area contributed by atoms with Crippen molar-refractivity contribution >= 4 is 11.6 Å². The van der Waals surface area contributed by atoms with E-state index < -0.39 is 0 Å². The van der Waals surface area contributed by atoms with Gasteiger partial charge in [-0.05, 0) is 6.92 Å². The third-order valence-corrected chi connectivity index (χ3v) is 3.51. The second kappa shape index (κ2) is 4.67. The van der Waals surface area contributed by atoms with E-state index in [1.165, 1.54) is 5.56 Å². The summed E-state index contributed by atoms with van der Waals surface area (Å²) in [5.74, 6) is 0.723. The van der Waals surface area contributed by atoms with Gasteiger partial charge >= 0.3 is 0 Å². The van der Waals surface area contributed by atoms with E-state index in [4.69, 9.17) is 11.6 Å². The van der Waals surface area contributed by atoms with Crippen LogP contribution in [0.25, 0.3) is 11.4 Å². The highest BCUT2D eigenvalue weighted by molar-refractivity contribution is 6.30. The maximum Gasteiger partial charge on any atom is 0.161 e. The number of fused-ring (bicyclic) bond motifs is 1. The van der Waals surface area contributed by atoms with Gasteiger partial charge in [0.1, 0.15) is 5.15 Å². The molecular weight excluding hydrogens is 246 g/mol. The number of rotatable bonds is 1. The van der Waals surface area contributed by atoms with Crippen LogP contribution in [-0.2, 0) is 13.0 Å². The SMILES string of the molecule is Cc1ccc(-c2nc(Cl)c3c(n2)CCNC3)cc1. The molecule has 1 aliphatic rings. The Balaban J connectivity index is 2.08. The first-order valence-corrected chi connectivity index (χ1v) is 6.45. The van der Waals surface area contributed by atoms with Gasteiger partial charge in [0.05, 0.1) is 5.69 Å². The lowest BCUT2D eigenvalue weighted by Crippen LogP contribution is -2.25. The Morgan fingerprint density at radius 3 is 2.72 bits per heavy atom. The smallest absolute Gasteiger partial charge is 0.161 e. The van der Waals surface area contributed by atoms with E-state index in [1.807, 2.05) is 12.1 Å². The minimum Gasteiger partial charge on any atom is -0.312 e. The first-order valence-electron chi connectivity index (χ1n) is 6.07. The zero-order chi connectivity index (χ0) is 12.5. The van der Waals surface area contributed by atoms with E-state index in [9.17, 15) is 0 Å². The summed E-state index contributed by atoms with van der Waals surface area (Å²) in [4.78, 5) is 9.04. The molecule has 0 saturated heterocycles. The molecule has 1 N–H and O–H groups in total. The van der Waals surface area contributed by atoms with Gasteiger partial charge in [-0.15, -0.1) is 0 Å². The van der Waals surface area contributed by atoms with Gasteiger partial charge in [0.25, 0.3) is 0 Å². The molecule has 0 fully saturated rings. The van der Waals surface area contributed by atoms with Gasteiger partial charge in [0.15, 0.2) is 5.82 Å². The second-order valence-electron chi connectivity index (χ2n) is 4.56. The molecule has 1 aromatic carbocycles. The summed E-state index contributed by atoms with van der Waals surface area (Å²) in [7, 11) is 0. The number of aryl methyl sites for hydroxylation is 1. The molecule has 4 heteroatoms. The molecule has 0 unspecified atom stereocenters. The second-order valence-corrected chi connectivity index (χ2v) is 4.91. The van der Waals surface area contributed by atoms with Crippen molar-refractivity contribution in [1.82, 2.24) is 15.3 Å². The number of nitrogens with zero attached hydrogens (tertiary/aromatic N) is 2. The van der Waals surface area contributed by atoms with Crippen molar-refractivity contribution in [1.29, 1.82) is 0 Å². The fraction of sp³-hybridized carbons (Fsp3) is 0.286. The molecule has 18 heavy (non-hydrogen) atoms. The van der Waals surface area contributed by atoms with Crippen molar-refractivity contribution in [3.63, 3.8) is 0 Å². The van der Waals surface area contributed by atoms with Crippen molar-refractivity contribution in [2.45, 2.75) is 19.9 Å². The molecule has 0 aliphatic carbocycles. The standard InChI is InChI=1S/C14H14ClN3/c1-9-2-4-10(5-3-9)14-17-12-6-7-16-8-11(12)13(15)18-14/h2-5,16H,6-8H2,1H3. The highest BCUT2D eigenvalue weighted by Crippen LogP contribution is 2.24. The van der Waals surface area contributed by atoms with Crippen molar-refractivity contribution in [3.05, 3.63) is 46.2 Å². The van der Waals surface area contributed by atoms with E-state index in [-0.39, 0.29) is 0 Å². The van der Waals surface area contributed by atoms with Crippen LogP contribution in [0.2, 0.25) is 5.15 Å². The zero-order valence-corrected chi connectivity index (χ0v) is 11.0. The predicted octanol–water partition coefficient (Wildman–Crippen LogP) is 2.75. The molecular formula is C14H14ClN3. The summed E-state index contributed by atoms with van der Waals surface area (Å²) in [5.41, 5.74) is 4.36. The van der Waals surface area contributed by atoms with Crippen LogP contribution in [0.1, 0.15) is 16.8 Å². The third-order valence-electron chi connectivity index (χ3n) is 3.19. The van der Waals surface area contributed by atoms with Gasteiger partial charge in [0.2, 0.25) is 0 Å². The van der Waals surface area contributed by atoms with Crippen LogP contribution in [0.4, 0.5) is 0 Å². The van der Waals surface area contributed by atoms with Crippen molar-refractivity contribution in [3.8, 4) is 11.4 Å². The van der Waals surface area contributed by atoms with E-state index in [0.29, 0.717) is 5.15 Å². The van der Waals surface area contributed by atoms with Gasteiger partial charge in [-0.25, -0.2) is 9.97 Å². The lowest BCUT2D eigenvalue weighted by Gasteiger charge is -2.17. The molecule has 1 aromatic heterocycles. The molecule has 2 aromatic rings. The molecule has 3 rings (SSSR count). The zero-order valence-electron chi connectivity index (χ0n) is 10.2. The molecule has 3 nitrogen and oxygen atoms in total. The van der Waals surface area contributed by atoms with Gasteiger partial charge < -0.3 is 5.32 Å². The molecule has 0 spiro atoms. The Labute approximate surface area is 111 Å². The molecule has 1 aliphatic heterocycles. The molecule has 0 atom stereocenters. The Kier molecular flexibility index (Phi) is 3.02. The third kappa shape index (κ3) is 2.11. The minimum atomic E-state index is 0.572. The summed E-state index contributed by atoms with van der Waals surface area (Å²) in [6, 6.07) is 8.20. The highest BCUT2D eigenvalue weighted by atomic mass is 35.5. The number of aromatic nitrogens is 2. The first-order chi connectivity index (χ1) is 8.74. The lowest BCUT2D eigenvalue weighted by molar-refractivity contribution is 0.627. The van der Waals surface area contributed by atoms with Crippen LogP contribution >= 0.6 is 11.6 Å². The fourth-order valence-corrected chi connectivity index (χ4v) is 2.39. The molecule has 0 amide bonds. The number of nitrogens with one attached hydrogen (secondary N) is 1. The van der Waals surface area contributed by atoms with E-state index in [2.05, 4.69) is 34.3 Å². The van der Waals surface area contributed by atoms with Crippen LogP contribution in [0.15, 0.2) is 24.3 Å². The monoisotopic (exact) mass is 259 g/mol. The fourth-order valence-electron chi connectivity index (χ4n) is 2.13. The number of halogens is 1. The topological polar surface area (TPSA) is 37.8 Å². The van der Waals surface area contributed by atoms with Crippen LogP contribution < -0.4 is 5.32 Å². The van der Waals surface area contributed by atoms with E-state index in [1.54, 1.807) is 0 Å². The number of benzene rings is 1.